The molecule has 0 amide bonds. The maximum Gasteiger partial charge on any atom is 0.183 e. The third-order valence-corrected chi connectivity index (χ3v) is 5.78. The van der Waals surface area contributed by atoms with Crippen molar-refractivity contribution >= 4 is 38.3 Å². The summed E-state index contributed by atoms with van der Waals surface area (Å²) in [6, 6.07) is 5.91. The number of halogens is 1. The van der Waals surface area contributed by atoms with Crippen molar-refractivity contribution in [1.82, 2.24) is 4.98 Å². The Morgan fingerprint density at radius 1 is 1.39 bits per heavy atom. The van der Waals surface area contributed by atoms with Gasteiger partial charge in [0.25, 0.3) is 0 Å². The van der Waals surface area contributed by atoms with E-state index in [1.807, 2.05) is 18.2 Å². The largest absolute Gasteiger partial charge is 0.361 e. The molecule has 2 fully saturated rings. The van der Waals surface area contributed by atoms with Crippen LogP contribution in [0.1, 0.15) is 25.7 Å². The normalized spacial score (nSPS) is 21.2. The van der Waals surface area contributed by atoms with Crippen molar-refractivity contribution in [3.05, 3.63) is 23.2 Å². The molecule has 4 heteroatoms. The number of hydrogen-bond acceptors (Lipinski definition) is 3. The molecule has 1 aromatic carbocycles. The second-order valence-electron chi connectivity index (χ2n) is 5.60. The van der Waals surface area contributed by atoms with Crippen LogP contribution in [-0.2, 0) is 0 Å². The molecule has 0 radical (unpaired) electrons. The first-order valence-corrected chi connectivity index (χ1v) is 7.75. The first-order chi connectivity index (χ1) is 8.77. The number of aromatic nitrogens is 1. The summed E-state index contributed by atoms with van der Waals surface area (Å²) in [5.41, 5.74) is 1.62. The maximum atomic E-state index is 6.18. The molecule has 2 aromatic rings. The summed E-state index contributed by atoms with van der Waals surface area (Å²) in [7, 11) is 0. The van der Waals surface area contributed by atoms with E-state index in [1.54, 1.807) is 11.3 Å². The van der Waals surface area contributed by atoms with Crippen LogP contribution in [0.25, 0.3) is 10.2 Å². The highest BCUT2D eigenvalue weighted by atomic mass is 35.5. The molecular formula is C14H15ClN2S. The van der Waals surface area contributed by atoms with Crippen LogP contribution < -0.4 is 5.32 Å². The van der Waals surface area contributed by atoms with Gasteiger partial charge in [0.15, 0.2) is 5.13 Å². The van der Waals surface area contributed by atoms with Crippen molar-refractivity contribution in [2.45, 2.75) is 25.7 Å². The molecule has 2 aliphatic carbocycles. The highest BCUT2D eigenvalue weighted by molar-refractivity contribution is 7.22. The molecule has 1 heterocycles. The van der Waals surface area contributed by atoms with Gasteiger partial charge in [-0.2, -0.15) is 0 Å². The van der Waals surface area contributed by atoms with Crippen LogP contribution in [0.2, 0.25) is 5.02 Å². The lowest BCUT2D eigenvalue weighted by molar-refractivity contribution is 0.467. The Bertz CT molecular complexity index is 599. The number of hydrogen-bond donors (Lipinski definition) is 1. The Balaban J connectivity index is 1.54. The Kier molecular flexibility index (Phi) is 2.36. The summed E-state index contributed by atoms with van der Waals surface area (Å²) in [4.78, 5) is 4.61. The molecule has 0 unspecified atom stereocenters. The van der Waals surface area contributed by atoms with E-state index in [0.717, 1.165) is 32.8 Å². The molecule has 1 N–H and O–H groups in total. The zero-order valence-corrected chi connectivity index (χ0v) is 11.7. The average molecular weight is 279 g/mol. The lowest BCUT2D eigenvalue weighted by Crippen LogP contribution is -2.17. The van der Waals surface area contributed by atoms with Gasteiger partial charge in [-0.1, -0.05) is 29.0 Å². The number of nitrogens with one attached hydrogen (secondary N) is 1. The van der Waals surface area contributed by atoms with E-state index in [9.17, 15) is 0 Å². The summed E-state index contributed by atoms with van der Waals surface area (Å²) >= 11 is 7.85. The average Bonchev–Trinajstić information content (AvgIpc) is 3.24. The number of fused-ring (bicyclic) bond motifs is 1. The first kappa shape index (κ1) is 11.1. The fourth-order valence-electron chi connectivity index (χ4n) is 2.83. The number of anilines is 1. The third-order valence-electron chi connectivity index (χ3n) is 4.29. The van der Waals surface area contributed by atoms with Gasteiger partial charge in [0.2, 0.25) is 0 Å². The van der Waals surface area contributed by atoms with Gasteiger partial charge in [0.05, 0.1) is 15.2 Å². The van der Waals surface area contributed by atoms with Crippen LogP contribution in [0.15, 0.2) is 18.2 Å². The first-order valence-electron chi connectivity index (χ1n) is 6.56. The minimum absolute atomic E-state index is 0.613. The highest BCUT2D eigenvalue weighted by Crippen LogP contribution is 2.61. The number of nitrogens with zero attached hydrogens (tertiary/aromatic N) is 1. The summed E-state index contributed by atoms with van der Waals surface area (Å²) in [5, 5.41) is 5.36. The smallest absolute Gasteiger partial charge is 0.183 e. The fourth-order valence-corrected chi connectivity index (χ4v) is 3.98. The van der Waals surface area contributed by atoms with Crippen LogP contribution in [0.5, 0.6) is 0 Å². The van der Waals surface area contributed by atoms with Gasteiger partial charge in [-0.05, 0) is 49.1 Å². The van der Waals surface area contributed by atoms with E-state index in [1.165, 1.54) is 25.7 Å². The van der Waals surface area contributed by atoms with Crippen LogP contribution in [0, 0.1) is 11.3 Å². The molecule has 94 valence electrons. The van der Waals surface area contributed by atoms with Crippen molar-refractivity contribution in [2.75, 3.05) is 11.9 Å². The van der Waals surface area contributed by atoms with Crippen molar-refractivity contribution in [3.8, 4) is 0 Å². The second-order valence-corrected chi connectivity index (χ2v) is 7.00. The lowest BCUT2D eigenvalue weighted by Gasteiger charge is -2.13. The fraction of sp³-hybridized carbons (Fsp3) is 0.500. The van der Waals surface area contributed by atoms with E-state index in [-0.39, 0.29) is 0 Å². The van der Waals surface area contributed by atoms with E-state index < -0.39 is 0 Å². The van der Waals surface area contributed by atoms with Crippen LogP contribution in [0.3, 0.4) is 0 Å². The quantitative estimate of drug-likeness (QED) is 0.887. The minimum atomic E-state index is 0.613. The molecule has 0 bridgehead atoms. The number of rotatable bonds is 4. The van der Waals surface area contributed by atoms with Crippen LogP contribution in [-0.4, -0.2) is 11.5 Å². The standard InChI is InChI=1S/C14H15ClN2S/c15-10-2-1-3-11-12(10)18-13(17-11)16-8-14(6-7-14)9-4-5-9/h1-3,9H,4-8H2,(H,16,17). The molecule has 2 nitrogen and oxygen atoms in total. The van der Waals surface area contributed by atoms with Gasteiger partial charge in [0, 0.05) is 6.54 Å². The summed E-state index contributed by atoms with van der Waals surface area (Å²) in [5.74, 6) is 0.989. The summed E-state index contributed by atoms with van der Waals surface area (Å²) in [6.45, 7) is 1.09. The number of benzene rings is 1. The van der Waals surface area contributed by atoms with Crippen molar-refractivity contribution in [2.24, 2.45) is 11.3 Å². The van der Waals surface area contributed by atoms with Gasteiger partial charge in [-0.3, -0.25) is 0 Å². The lowest BCUT2D eigenvalue weighted by atomic mass is 10.0. The Morgan fingerprint density at radius 2 is 2.22 bits per heavy atom. The molecule has 2 saturated carbocycles. The monoisotopic (exact) mass is 278 g/mol. The molecule has 0 saturated heterocycles. The van der Waals surface area contributed by atoms with Gasteiger partial charge in [-0.15, -0.1) is 0 Å². The van der Waals surface area contributed by atoms with Crippen molar-refractivity contribution in [3.63, 3.8) is 0 Å². The molecule has 2 aliphatic rings. The van der Waals surface area contributed by atoms with E-state index in [2.05, 4.69) is 10.3 Å². The topological polar surface area (TPSA) is 24.9 Å². The van der Waals surface area contributed by atoms with Crippen LogP contribution in [0.4, 0.5) is 5.13 Å². The summed E-state index contributed by atoms with van der Waals surface area (Å²) in [6.07, 6.45) is 5.67. The maximum absolute atomic E-state index is 6.18. The molecular weight excluding hydrogens is 264 g/mol. The van der Waals surface area contributed by atoms with Gasteiger partial charge in [-0.25, -0.2) is 4.98 Å². The Labute approximate surface area is 115 Å². The molecule has 4 rings (SSSR count). The zero-order chi connectivity index (χ0) is 12.2. The molecule has 1 aromatic heterocycles. The van der Waals surface area contributed by atoms with Crippen molar-refractivity contribution < 1.29 is 0 Å². The van der Waals surface area contributed by atoms with Gasteiger partial charge >= 0.3 is 0 Å². The molecule has 0 aliphatic heterocycles. The van der Waals surface area contributed by atoms with E-state index in [4.69, 9.17) is 11.6 Å². The number of thiazole rings is 1. The van der Waals surface area contributed by atoms with Crippen molar-refractivity contribution in [1.29, 1.82) is 0 Å². The SMILES string of the molecule is Clc1cccc2nc(NCC3(C4CC4)CC3)sc12. The van der Waals surface area contributed by atoms with E-state index >= 15 is 0 Å². The minimum Gasteiger partial charge on any atom is -0.361 e. The van der Waals surface area contributed by atoms with Gasteiger partial charge in [0.1, 0.15) is 0 Å². The molecule has 18 heavy (non-hydrogen) atoms. The van der Waals surface area contributed by atoms with Crippen LogP contribution >= 0.6 is 22.9 Å². The Hall–Kier alpha value is -0.800. The van der Waals surface area contributed by atoms with Gasteiger partial charge < -0.3 is 5.32 Å². The Morgan fingerprint density at radius 3 is 2.89 bits per heavy atom. The van der Waals surface area contributed by atoms with E-state index in [0.29, 0.717) is 5.41 Å². The predicted molar refractivity (Wildman–Crippen MR) is 77.5 cm³/mol. The molecule has 0 spiro atoms. The summed E-state index contributed by atoms with van der Waals surface area (Å²) < 4.78 is 1.10. The zero-order valence-electron chi connectivity index (χ0n) is 10.1. The predicted octanol–water partition coefficient (Wildman–Crippen LogP) is 4.55. The highest BCUT2D eigenvalue weighted by Gasteiger charge is 2.53. The third kappa shape index (κ3) is 1.81. The molecule has 0 atom stereocenters. The second kappa shape index (κ2) is 3.84.